The summed E-state index contributed by atoms with van der Waals surface area (Å²) in [6.07, 6.45) is -4.96. The monoisotopic (exact) mass is 154 g/mol. The molecule has 0 saturated heterocycles. The molecular formula is C5H4F4N. The van der Waals surface area contributed by atoms with Crippen LogP contribution in [-0.4, -0.2) is 12.1 Å². The SMILES string of the molecule is CC(F)C(F)(F)[C](F)C#N. The van der Waals surface area contributed by atoms with E-state index >= 15 is 0 Å². The minimum atomic E-state index is -4.27. The minimum absolute atomic E-state index is 0.483. The highest BCUT2D eigenvalue weighted by molar-refractivity contribution is 5.13. The van der Waals surface area contributed by atoms with Gasteiger partial charge in [-0.2, -0.15) is 14.0 Å². The predicted molar refractivity (Wildman–Crippen MR) is 25.5 cm³/mol. The molecule has 0 heterocycles. The smallest absolute Gasteiger partial charge is 0.241 e. The van der Waals surface area contributed by atoms with Crippen LogP contribution in [0.25, 0.3) is 0 Å². The van der Waals surface area contributed by atoms with Gasteiger partial charge in [0, 0.05) is 0 Å². The molecule has 1 radical (unpaired) electrons. The molecular weight excluding hydrogens is 150 g/mol. The van der Waals surface area contributed by atoms with Gasteiger partial charge >= 0.3 is 12.1 Å². The van der Waals surface area contributed by atoms with E-state index in [4.69, 9.17) is 5.26 Å². The van der Waals surface area contributed by atoms with Gasteiger partial charge in [0.25, 0.3) is 0 Å². The number of halogens is 4. The largest absolute Gasteiger partial charge is 0.329 e. The van der Waals surface area contributed by atoms with Crippen molar-refractivity contribution in [3.63, 3.8) is 0 Å². The van der Waals surface area contributed by atoms with Gasteiger partial charge in [0.2, 0.25) is 0 Å². The molecule has 0 aliphatic heterocycles. The van der Waals surface area contributed by atoms with Crippen LogP contribution in [0.2, 0.25) is 0 Å². The molecule has 0 aromatic carbocycles. The Kier molecular flexibility index (Phi) is 2.64. The molecule has 1 unspecified atom stereocenters. The number of rotatable bonds is 2. The van der Waals surface area contributed by atoms with Crippen molar-refractivity contribution in [3.05, 3.63) is 6.17 Å². The normalized spacial score (nSPS) is 14.9. The number of hydrogen-bond acceptors (Lipinski definition) is 1. The van der Waals surface area contributed by atoms with Gasteiger partial charge < -0.3 is 0 Å². The van der Waals surface area contributed by atoms with Crippen molar-refractivity contribution in [3.8, 4) is 6.07 Å². The molecule has 10 heavy (non-hydrogen) atoms. The molecule has 57 valence electrons. The first-order valence-electron chi connectivity index (χ1n) is 2.37. The molecule has 0 aliphatic rings. The van der Waals surface area contributed by atoms with Crippen LogP contribution >= 0.6 is 0 Å². The lowest BCUT2D eigenvalue weighted by molar-refractivity contribution is -0.0665. The second-order valence-electron chi connectivity index (χ2n) is 1.66. The van der Waals surface area contributed by atoms with Crippen LogP contribution in [0, 0.1) is 17.5 Å². The molecule has 0 aromatic heterocycles. The highest BCUT2D eigenvalue weighted by Crippen LogP contribution is 2.32. The van der Waals surface area contributed by atoms with E-state index in [1.807, 2.05) is 0 Å². The third-order valence-electron chi connectivity index (χ3n) is 0.890. The quantitative estimate of drug-likeness (QED) is 0.558. The van der Waals surface area contributed by atoms with Crippen molar-refractivity contribution >= 4 is 0 Å². The van der Waals surface area contributed by atoms with E-state index in [2.05, 4.69) is 0 Å². The first kappa shape index (κ1) is 9.21. The highest BCUT2D eigenvalue weighted by Gasteiger charge is 2.48. The molecule has 0 aliphatic carbocycles. The van der Waals surface area contributed by atoms with Crippen molar-refractivity contribution in [2.75, 3.05) is 0 Å². The molecule has 0 rings (SSSR count). The van der Waals surface area contributed by atoms with Gasteiger partial charge in [0.15, 0.2) is 6.17 Å². The lowest BCUT2D eigenvalue weighted by atomic mass is 10.1. The fourth-order valence-corrected chi connectivity index (χ4v) is 0.249. The zero-order valence-electron chi connectivity index (χ0n) is 5.04. The van der Waals surface area contributed by atoms with Crippen LogP contribution in [0.15, 0.2) is 0 Å². The van der Waals surface area contributed by atoms with Crippen molar-refractivity contribution in [1.29, 1.82) is 5.26 Å². The fraction of sp³-hybridized carbons (Fsp3) is 0.600. The van der Waals surface area contributed by atoms with E-state index in [-0.39, 0.29) is 0 Å². The maximum Gasteiger partial charge on any atom is 0.329 e. The molecule has 0 amide bonds. The van der Waals surface area contributed by atoms with Crippen LogP contribution in [0.4, 0.5) is 17.6 Å². The first-order valence-corrected chi connectivity index (χ1v) is 2.37. The highest BCUT2D eigenvalue weighted by atomic mass is 19.3. The number of hydrogen-bond donors (Lipinski definition) is 0. The Morgan fingerprint density at radius 3 is 2.10 bits per heavy atom. The zero-order valence-corrected chi connectivity index (χ0v) is 5.04. The van der Waals surface area contributed by atoms with Crippen molar-refractivity contribution < 1.29 is 17.6 Å². The van der Waals surface area contributed by atoms with Crippen LogP contribution < -0.4 is 0 Å². The predicted octanol–water partition coefficient (Wildman–Crippen LogP) is 2.00. The minimum Gasteiger partial charge on any atom is -0.241 e. The van der Waals surface area contributed by atoms with E-state index in [1.165, 1.54) is 0 Å². The Balaban J connectivity index is 4.27. The third kappa shape index (κ3) is 1.59. The van der Waals surface area contributed by atoms with Gasteiger partial charge in [-0.3, -0.25) is 0 Å². The summed E-state index contributed by atoms with van der Waals surface area (Å²) in [6, 6.07) is 0.547. The van der Waals surface area contributed by atoms with E-state index in [0.29, 0.717) is 13.0 Å². The molecule has 0 bridgehead atoms. The Bertz CT molecular complexity index is 148. The van der Waals surface area contributed by atoms with Crippen LogP contribution in [0.1, 0.15) is 6.92 Å². The second-order valence-corrected chi connectivity index (χ2v) is 1.66. The van der Waals surface area contributed by atoms with Crippen LogP contribution in [-0.2, 0) is 0 Å². The summed E-state index contributed by atoms with van der Waals surface area (Å²) >= 11 is 0. The molecule has 1 nitrogen and oxygen atoms in total. The topological polar surface area (TPSA) is 23.8 Å². The van der Waals surface area contributed by atoms with E-state index in [0.717, 1.165) is 0 Å². The second kappa shape index (κ2) is 2.86. The molecule has 0 N–H and O–H groups in total. The molecule has 1 atom stereocenters. The van der Waals surface area contributed by atoms with E-state index < -0.39 is 18.3 Å². The van der Waals surface area contributed by atoms with Gasteiger partial charge in [0.1, 0.15) is 6.07 Å². The Morgan fingerprint density at radius 2 is 2.00 bits per heavy atom. The average molecular weight is 154 g/mol. The standard InChI is InChI=1S/C5H4F4N/c1-3(6)5(8,9)4(7)2-10/h3H,1H3. The van der Waals surface area contributed by atoms with Gasteiger partial charge in [0.05, 0.1) is 0 Å². The summed E-state index contributed by atoms with van der Waals surface area (Å²) in [6.45, 7) is 0.483. The molecule has 0 saturated carbocycles. The maximum atomic E-state index is 11.9. The lowest BCUT2D eigenvalue weighted by Gasteiger charge is -2.14. The van der Waals surface area contributed by atoms with Crippen molar-refractivity contribution in [2.45, 2.75) is 19.0 Å². The maximum absolute atomic E-state index is 11.9. The van der Waals surface area contributed by atoms with Crippen molar-refractivity contribution in [1.82, 2.24) is 0 Å². The van der Waals surface area contributed by atoms with Crippen LogP contribution in [0.3, 0.4) is 0 Å². The molecule has 0 fully saturated rings. The first-order chi connectivity index (χ1) is 4.42. The van der Waals surface area contributed by atoms with Crippen molar-refractivity contribution in [2.24, 2.45) is 0 Å². The summed E-state index contributed by atoms with van der Waals surface area (Å²) < 4.78 is 47.3. The fourth-order valence-electron chi connectivity index (χ4n) is 0.249. The van der Waals surface area contributed by atoms with Crippen LogP contribution in [0.5, 0.6) is 0 Å². The van der Waals surface area contributed by atoms with Gasteiger partial charge in [-0.05, 0) is 6.92 Å². The van der Waals surface area contributed by atoms with E-state index in [9.17, 15) is 17.6 Å². The zero-order chi connectivity index (χ0) is 8.36. The van der Waals surface area contributed by atoms with E-state index in [1.54, 1.807) is 0 Å². The number of nitrogens with zero attached hydrogens (tertiary/aromatic N) is 1. The Hall–Kier alpha value is -0.790. The Morgan fingerprint density at radius 1 is 1.60 bits per heavy atom. The molecule has 0 aromatic rings. The lowest BCUT2D eigenvalue weighted by Crippen LogP contribution is -2.32. The Labute approximate surface area is 55.3 Å². The molecule has 5 heteroatoms. The summed E-state index contributed by atoms with van der Waals surface area (Å²) in [5.74, 6) is -4.27. The number of alkyl halides is 3. The summed E-state index contributed by atoms with van der Waals surface area (Å²) in [5, 5.41) is 7.61. The summed E-state index contributed by atoms with van der Waals surface area (Å²) in [4.78, 5) is 0. The average Bonchev–Trinajstić information content (AvgIpc) is 1.86. The molecule has 0 spiro atoms. The third-order valence-corrected chi connectivity index (χ3v) is 0.890. The number of nitriles is 1. The summed E-state index contributed by atoms with van der Waals surface area (Å²) in [7, 11) is 0. The summed E-state index contributed by atoms with van der Waals surface area (Å²) in [5.41, 5.74) is 0. The van der Waals surface area contributed by atoms with Gasteiger partial charge in [-0.1, -0.05) is 0 Å². The van der Waals surface area contributed by atoms with Gasteiger partial charge in [-0.15, -0.1) is 0 Å². The van der Waals surface area contributed by atoms with Gasteiger partial charge in [-0.25, -0.2) is 8.78 Å².